The van der Waals surface area contributed by atoms with Gasteiger partial charge in [-0.3, -0.25) is 0 Å². The summed E-state index contributed by atoms with van der Waals surface area (Å²) < 4.78 is 2.21. The molecule has 0 aliphatic heterocycles. The third-order valence-electron chi connectivity index (χ3n) is 3.22. The van der Waals surface area contributed by atoms with Crippen LogP contribution in [0.4, 0.5) is 0 Å². The number of hydrogen-bond acceptors (Lipinski definition) is 1. The van der Waals surface area contributed by atoms with E-state index in [1.54, 1.807) is 0 Å². The first-order chi connectivity index (χ1) is 8.78. The van der Waals surface area contributed by atoms with E-state index in [-0.39, 0.29) is 0 Å². The van der Waals surface area contributed by atoms with Crippen LogP contribution in [-0.2, 0) is 19.5 Å². The zero-order chi connectivity index (χ0) is 12.8. The van der Waals surface area contributed by atoms with E-state index in [1.807, 2.05) is 0 Å². The highest BCUT2D eigenvalue weighted by Gasteiger charge is 2.03. The van der Waals surface area contributed by atoms with E-state index in [0.717, 1.165) is 19.5 Å². The van der Waals surface area contributed by atoms with Crippen molar-refractivity contribution in [2.75, 3.05) is 0 Å². The lowest BCUT2D eigenvalue weighted by Gasteiger charge is -2.13. The molecule has 2 rings (SSSR count). The fraction of sp³-hybridized carbons (Fsp3) is 0.375. The van der Waals surface area contributed by atoms with Crippen LogP contribution in [0.15, 0.2) is 48.8 Å². The van der Waals surface area contributed by atoms with Crippen molar-refractivity contribution in [1.29, 1.82) is 0 Å². The van der Waals surface area contributed by atoms with E-state index < -0.39 is 0 Å². The van der Waals surface area contributed by atoms with Crippen LogP contribution < -0.4 is 5.32 Å². The smallest absolute Gasteiger partial charge is 0.0223 e. The summed E-state index contributed by atoms with van der Waals surface area (Å²) in [5.41, 5.74) is 2.75. The van der Waals surface area contributed by atoms with E-state index in [4.69, 9.17) is 0 Å². The highest BCUT2D eigenvalue weighted by Crippen LogP contribution is 2.05. The monoisotopic (exact) mass is 242 g/mol. The zero-order valence-corrected chi connectivity index (χ0v) is 11.3. The Morgan fingerprint density at radius 2 is 1.89 bits per heavy atom. The highest BCUT2D eigenvalue weighted by atomic mass is 14.9. The van der Waals surface area contributed by atoms with Crippen LogP contribution in [0.2, 0.25) is 0 Å². The van der Waals surface area contributed by atoms with Gasteiger partial charge in [-0.05, 0) is 37.5 Å². The molecule has 0 radical (unpaired) electrons. The standard InChI is InChI=1S/C16H22N2/c1-3-18-10-9-16(13-18)12-17-14(2)11-15-7-5-4-6-8-15/h4-10,13-14,17H,3,11-12H2,1-2H3. The summed E-state index contributed by atoms with van der Waals surface area (Å²) in [5.74, 6) is 0. The molecule has 0 amide bonds. The number of rotatable bonds is 6. The van der Waals surface area contributed by atoms with E-state index in [2.05, 4.69) is 72.5 Å². The number of hydrogen-bond donors (Lipinski definition) is 1. The number of aryl methyl sites for hydroxylation is 1. The lowest BCUT2D eigenvalue weighted by Crippen LogP contribution is -2.27. The molecule has 2 aromatic rings. The van der Waals surface area contributed by atoms with Crippen molar-refractivity contribution in [3.63, 3.8) is 0 Å². The number of nitrogens with zero attached hydrogens (tertiary/aromatic N) is 1. The van der Waals surface area contributed by atoms with Crippen molar-refractivity contribution >= 4 is 0 Å². The van der Waals surface area contributed by atoms with Crippen LogP contribution in [0.3, 0.4) is 0 Å². The largest absolute Gasteiger partial charge is 0.354 e. The molecule has 96 valence electrons. The molecule has 0 bridgehead atoms. The van der Waals surface area contributed by atoms with E-state index >= 15 is 0 Å². The Morgan fingerprint density at radius 1 is 1.11 bits per heavy atom. The van der Waals surface area contributed by atoms with Gasteiger partial charge in [0.1, 0.15) is 0 Å². The molecule has 0 fully saturated rings. The summed E-state index contributed by atoms with van der Waals surface area (Å²) in [6.45, 7) is 6.39. The van der Waals surface area contributed by atoms with Crippen molar-refractivity contribution in [3.05, 3.63) is 59.9 Å². The maximum absolute atomic E-state index is 3.57. The summed E-state index contributed by atoms with van der Waals surface area (Å²) in [7, 11) is 0. The first-order valence-corrected chi connectivity index (χ1v) is 6.70. The summed E-state index contributed by atoms with van der Waals surface area (Å²) in [6, 6.07) is 13.3. The third-order valence-corrected chi connectivity index (χ3v) is 3.22. The molecule has 1 heterocycles. The predicted molar refractivity (Wildman–Crippen MR) is 76.6 cm³/mol. The van der Waals surface area contributed by atoms with Gasteiger partial charge in [0.2, 0.25) is 0 Å². The van der Waals surface area contributed by atoms with Gasteiger partial charge in [-0.25, -0.2) is 0 Å². The second-order valence-corrected chi connectivity index (χ2v) is 4.82. The Labute approximate surface area is 110 Å². The molecule has 1 N–H and O–H groups in total. The molecule has 1 aromatic carbocycles. The fourth-order valence-corrected chi connectivity index (χ4v) is 2.12. The maximum atomic E-state index is 3.57. The van der Waals surface area contributed by atoms with Gasteiger partial charge in [0, 0.05) is 31.5 Å². The van der Waals surface area contributed by atoms with Gasteiger partial charge in [0.25, 0.3) is 0 Å². The lowest BCUT2D eigenvalue weighted by molar-refractivity contribution is 0.545. The van der Waals surface area contributed by atoms with E-state index in [9.17, 15) is 0 Å². The Balaban J connectivity index is 1.79. The predicted octanol–water partition coefficient (Wildman–Crippen LogP) is 3.23. The van der Waals surface area contributed by atoms with Crippen LogP contribution in [0.25, 0.3) is 0 Å². The molecule has 1 atom stereocenters. The summed E-state index contributed by atoms with van der Waals surface area (Å²) in [6.07, 6.45) is 5.43. The third kappa shape index (κ3) is 3.74. The van der Waals surface area contributed by atoms with Crippen molar-refractivity contribution < 1.29 is 0 Å². The first kappa shape index (κ1) is 12.9. The van der Waals surface area contributed by atoms with Gasteiger partial charge in [-0.2, -0.15) is 0 Å². The van der Waals surface area contributed by atoms with Crippen molar-refractivity contribution in [2.45, 2.75) is 39.4 Å². The lowest BCUT2D eigenvalue weighted by atomic mass is 10.1. The Hall–Kier alpha value is -1.54. The van der Waals surface area contributed by atoms with Gasteiger partial charge in [-0.15, -0.1) is 0 Å². The molecular weight excluding hydrogens is 220 g/mol. The molecule has 18 heavy (non-hydrogen) atoms. The van der Waals surface area contributed by atoms with E-state index in [1.165, 1.54) is 11.1 Å². The van der Waals surface area contributed by atoms with Crippen LogP contribution in [0.1, 0.15) is 25.0 Å². The minimum atomic E-state index is 0.498. The van der Waals surface area contributed by atoms with Gasteiger partial charge < -0.3 is 9.88 Å². The van der Waals surface area contributed by atoms with E-state index in [0.29, 0.717) is 6.04 Å². The highest BCUT2D eigenvalue weighted by molar-refractivity contribution is 5.16. The average Bonchev–Trinajstić information content (AvgIpc) is 2.85. The van der Waals surface area contributed by atoms with Crippen molar-refractivity contribution in [1.82, 2.24) is 9.88 Å². The summed E-state index contributed by atoms with van der Waals surface area (Å²) in [5, 5.41) is 3.57. The summed E-state index contributed by atoms with van der Waals surface area (Å²) in [4.78, 5) is 0. The van der Waals surface area contributed by atoms with Crippen LogP contribution in [0, 0.1) is 0 Å². The van der Waals surface area contributed by atoms with Gasteiger partial charge in [-0.1, -0.05) is 30.3 Å². The summed E-state index contributed by atoms with van der Waals surface area (Å²) >= 11 is 0. The number of nitrogens with one attached hydrogen (secondary N) is 1. The Bertz CT molecular complexity index is 459. The van der Waals surface area contributed by atoms with Gasteiger partial charge in [0.15, 0.2) is 0 Å². The topological polar surface area (TPSA) is 17.0 Å². The minimum absolute atomic E-state index is 0.498. The fourth-order valence-electron chi connectivity index (χ4n) is 2.12. The number of aromatic nitrogens is 1. The molecule has 0 spiro atoms. The molecule has 1 aromatic heterocycles. The Morgan fingerprint density at radius 3 is 2.56 bits per heavy atom. The van der Waals surface area contributed by atoms with Crippen LogP contribution >= 0.6 is 0 Å². The van der Waals surface area contributed by atoms with Gasteiger partial charge in [0.05, 0.1) is 0 Å². The van der Waals surface area contributed by atoms with Crippen molar-refractivity contribution in [3.8, 4) is 0 Å². The average molecular weight is 242 g/mol. The van der Waals surface area contributed by atoms with Crippen LogP contribution in [-0.4, -0.2) is 10.6 Å². The quantitative estimate of drug-likeness (QED) is 0.823. The molecule has 2 nitrogen and oxygen atoms in total. The molecule has 0 aliphatic carbocycles. The zero-order valence-electron chi connectivity index (χ0n) is 11.3. The Kier molecular flexibility index (Phi) is 4.59. The molecule has 0 aliphatic rings. The molecule has 1 unspecified atom stereocenters. The molecule has 0 saturated carbocycles. The SMILES string of the molecule is CCn1ccc(CNC(C)Cc2ccccc2)c1. The number of benzene rings is 1. The molecular formula is C16H22N2. The van der Waals surface area contributed by atoms with Crippen molar-refractivity contribution in [2.24, 2.45) is 0 Å². The molecule has 2 heteroatoms. The maximum Gasteiger partial charge on any atom is 0.0223 e. The minimum Gasteiger partial charge on any atom is -0.354 e. The second-order valence-electron chi connectivity index (χ2n) is 4.82. The second kappa shape index (κ2) is 6.41. The van der Waals surface area contributed by atoms with Crippen LogP contribution in [0.5, 0.6) is 0 Å². The van der Waals surface area contributed by atoms with Gasteiger partial charge >= 0.3 is 0 Å². The molecule has 0 saturated heterocycles. The normalized spacial score (nSPS) is 12.6. The first-order valence-electron chi connectivity index (χ1n) is 6.70.